The Morgan fingerprint density at radius 3 is 2.90 bits per heavy atom. The normalized spacial score (nSPS) is 18.6. The van der Waals surface area contributed by atoms with Crippen molar-refractivity contribution in [2.75, 3.05) is 19.6 Å². The van der Waals surface area contributed by atoms with E-state index in [1.165, 1.54) is 6.42 Å². The molecule has 21 heavy (non-hydrogen) atoms. The minimum absolute atomic E-state index is 0.0890. The maximum Gasteiger partial charge on any atom is 0.273 e. The van der Waals surface area contributed by atoms with Gasteiger partial charge in [-0.3, -0.25) is 14.7 Å². The van der Waals surface area contributed by atoms with Gasteiger partial charge in [0.2, 0.25) is 5.91 Å². The van der Waals surface area contributed by atoms with Crippen LogP contribution in [0.3, 0.4) is 0 Å². The van der Waals surface area contributed by atoms with Crippen molar-refractivity contribution < 1.29 is 9.59 Å². The molecule has 1 unspecified atom stereocenters. The lowest BCUT2D eigenvalue weighted by Crippen LogP contribution is -2.40. The maximum atomic E-state index is 12.1. The number of aryl methyl sites for hydroxylation is 1. The van der Waals surface area contributed by atoms with E-state index >= 15 is 0 Å². The number of amides is 2. The Hall–Kier alpha value is -1.56. The lowest BCUT2D eigenvalue weighted by Gasteiger charge is -2.31. The Balaban J connectivity index is 1.77. The number of carbonyl (C=O) groups is 2. The summed E-state index contributed by atoms with van der Waals surface area (Å²) in [6.45, 7) is 5.83. The van der Waals surface area contributed by atoms with Crippen molar-refractivity contribution in [3.05, 3.63) is 16.4 Å². The van der Waals surface area contributed by atoms with Crippen molar-refractivity contribution in [3.63, 3.8) is 0 Å². The molecule has 1 aliphatic heterocycles. The van der Waals surface area contributed by atoms with E-state index in [2.05, 4.69) is 22.4 Å². The minimum Gasteiger partial charge on any atom is -0.350 e. The molecule has 2 amide bonds. The number of aromatic nitrogens is 2. The van der Waals surface area contributed by atoms with Crippen molar-refractivity contribution in [2.24, 2.45) is 5.92 Å². The Morgan fingerprint density at radius 2 is 2.29 bits per heavy atom. The molecule has 1 atom stereocenters. The second-order valence-corrected chi connectivity index (χ2v) is 5.98. The van der Waals surface area contributed by atoms with E-state index in [9.17, 15) is 9.59 Å². The van der Waals surface area contributed by atoms with Crippen LogP contribution in [-0.2, 0) is 4.79 Å². The van der Waals surface area contributed by atoms with E-state index in [0.717, 1.165) is 19.5 Å². The van der Waals surface area contributed by atoms with Gasteiger partial charge in [-0.05, 0) is 25.7 Å². The highest BCUT2D eigenvalue weighted by molar-refractivity contribution is 6.34. The van der Waals surface area contributed by atoms with Crippen molar-refractivity contribution in [1.29, 1.82) is 0 Å². The molecule has 1 fully saturated rings. The number of halogens is 1. The molecule has 0 saturated carbocycles. The van der Waals surface area contributed by atoms with Crippen LogP contribution in [0, 0.1) is 12.8 Å². The third kappa shape index (κ3) is 3.97. The van der Waals surface area contributed by atoms with Gasteiger partial charge in [0.05, 0.1) is 10.7 Å². The Labute approximate surface area is 129 Å². The highest BCUT2D eigenvalue weighted by atomic mass is 35.5. The van der Waals surface area contributed by atoms with Crippen LogP contribution in [0.4, 0.5) is 0 Å². The second-order valence-electron chi connectivity index (χ2n) is 5.60. The third-order valence-corrected chi connectivity index (χ3v) is 4.18. The third-order valence-electron chi connectivity index (χ3n) is 3.72. The predicted octanol–water partition coefficient (Wildman–Crippen LogP) is 1.75. The van der Waals surface area contributed by atoms with Crippen LogP contribution >= 0.6 is 11.6 Å². The minimum atomic E-state index is -0.357. The number of hydrogen-bond acceptors (Lipinski definition) is 3. The van der Waals surface area contributed by atoms with Gasteiger partial charge < -0.3 is 10.2 Å². The zero-order chi connectivity index (χ0) is 15.4. The van der Waals surface area contributed by atoms with Gasteiger partial charge in [0.1, 0.15) is 0 Å². The molecule has 1 aliphatic rings. The molecule has 7 heteroatoms. The van der Waals surface area contributed by atoms with Gasteiger partial charge in [-0.1, -0.05) is 18.5 Å². The molecular formula is C14H21ClN4O2. The van der Waals surface area contributed by atoms with Crippen LogP contribution in [0.2, 0.25) is 5.02 Å². The fraction of sp³-hybridized carbons (Fsp3) is 0.643. The van der Waals surface area contributed by atoms with Gasteiger partial charge in [-0.15, -0.1) is 0 Å². The summed E-state index contributed by atoms with van der Waals surface area (Å²) in [6, 6.07) is 0. The van der Waals surface area contributed by atoms with Gasteiger partial charge in [0.15, 0.2) is 5.69 Å². The number of nitrogens with zero attached hydrogens (tertiary/aromatic N) is 2. The molecule has 1 aromatic heterocycles. The lowest BCUT2D eigenvalue weighted by molar-refractivity contribution is -0.132. The SMILES string of the molecule is Cc1[nH]nc(C(=O)NCCC(=O)N2CCCC(C)C2)c1Cl. The van der Waals surface area contributed by atoms with E-state index < -0.39 is 0 Å². The number of carbonyl (C=O) groups excluding carboxylic acids is 2. The molecule has 0 bridgehead atoms. The summed E-state index contributed by atoms with van der Waals surface area (Å²) in [4.78, 5) is 25.8. The zero-order valence-corrected chi connectivity index (χ0v) is 13.2. The van der Waals surface area contributed by atoms with E-state index in [4.69, 9.17) is 11.6 Å². The Bertz CT molecular complexity index is 529. The molecule has 2 N–H and O–H groups in total. The molecule has 6 nitrogen and oxygen atoms in total. The molecule has 0 aromatic carbocycles. The van der Waals surface area contributed by atoms with Crippen LogP contribution in [0.15, 0.2) is 0 Å². The number of rotatable bonds is 4. The van der Waals surface area contributed by atoms with Gasteiger partial charge in [-0.25, -0.2) is 0 Å². The van der Waals surface area contributed by atoms with Crippen LogP contribution in [0.1, 0.15) is 42.4 Å². The smallest absolute Gasteiger partial charge is 0.273 e. The van der Waals surface area contributed by atoms with Crippen molar-refractivity contribution >= 4 is 23.4 Å². The first-order valence-corrected chi connectivity index (χ1v) is 7.63. The number of nitrogens with one attached hydrogen (secondary N) is 2. The molecule has 0 aliphatic carbocycles. The standard InChI is InChI=1S/C14H21ClN4O2/c1-9-4-3-7-19(8-9)11(20)5-6-16-14(21)13-12(15)10(2)17-18-13/h9H,3-8H2,1-2H3,(H,16,21)(H,17,18). The fourth-order valence-electron chi connectivity index (χ4n) is 2.51. The summed E-state index contributed by atoms with van der Waals surface area (Å²) in [5, 5.41) is 9.51. The summed E-state index contributed by atoms with van der Waals surface area (Å²) < 4.78 is 0. The molecular weight excluding hydrogens is 292 g/mol. The van der Waals surface area contributed by atoms with E-state index in [-0.39, 0.29) is 17.5 Å². The lowest BCUT2D eigenvalue weighted by atomic mass is 10.00. The number of H-pyrrole nitrogens is 1. The van der Waals surface area contributed by atoms with Gasteiger partial charge in [0.25, 0.3) is 5.91 Å². The highest BCUT2D eigenvalue weighted by Crippen LogP contribution is 2.17. The Morgan fingerprint density at radius 1 is 1.52 bits per heavy atom. The highest BCUT2D eigenvalue weighted by Gasteiger charge is 2.21. The quantitative estimate of drug-likeness (QED) is 0.889. The van der Waals surface area contributed by atoms with Crippen LogP contribution in [0.5, 0.6) is 0 Å². The average molecular weight is 313 g/mol. The molecule has 2 heterocycles. The zero-order valence-electron chi connectivity index (χ0n) is 12.4. The topological polar surface area (TPSA) is 78.1 Å². The fourth-order valence-corrected chi connectivity index (χ4v) is 2.68. The molecule has 1 saturated heterocycles. The summed E-state index contributed by atoms with van der Waals surface area (Å²) in [5.41, 5.74) is 0.827. The number of hydrogen-bond donors (Lipinski definition) is 2. The molecule has 0 spiro atoms. The van der Waals surface area contributed by atoms with E-state index in [0.29, 0.717) is 29.6 Å². The van der Waals surface area contributed by atoms with Crippen molar-refractivity contribution in [3.8, 4) is 0 Å². The van der Waals surface area contributed by atoms with Crippen molar-refractivity contribution in [2.45, 2.75) is 33.1 Å². The van der Waals surface area contributed by atoms with E-state index in [1.54, 1.807) is 6.92 Å². The van der Waals surface area contributed by atoms with Gasteiger partial charge >= 0.3 is 0 Å². The summed E-state index contributed by atoms with van der Waals surface area (Å²) in [5.74, 6) is 0.290. The monoisotopic (exact) mass is 312 g/mol. The number of piperidine rings is 1. The summed E-state index contributed by atoms with van der Waals surface area (Å²) in [7, 11) is 0. The van der Waals surface area contributed by atoms with Gasteiger partial charge in [-0.2, -0.15) is 5.10 Å². The first-order chi connectivity index (χ1) is 9.99. The first kappa shape index (κ1) is 15.8. The summed E-state index contributed by atoms with van der Waals surface area (Å²) in [6.07, 6.45) is 2.54. The number of likely N-dealkylation sites (tertiary alicyclic amines) is 1. The number of aromatic amines is 1. The van der Waals surface area contributed by atoms with Crippen LogP contribution in [-0.4, -0.2) is 46.5 Å². The van der Waals surface area contributed by atoms with Gasteiger partial charge in [0, 0.05) is 26.1 Å². The predicted molar refractivity (Wildman–Crippen MR) is 80.3 cm³/mol. The van der Waals surface area contributed by atoms with Crippen LogP contribution in [0.25, 0.3) is 0 Å². The Kier molecular flexibility index (Phi) is 5.22. The maximum absolute atomic E-state index is 12.1. The second kappa shape index (κ2) is 6.93. The summed E-state index contributed by atoms with van der Waals surface area (Å²) >= 11 is 5.95. The molecule has 1 aromatic rings. The van der Waals surface area contributed by atoms with E-state index in [1.807, 2.05) is 4.90 Å². The van der Waals surface area contributed by atoms with Crippen LogP contribution < -0.4 is 5.32 Å². The average Bonchev–Trinajstić information content (AvgIpc) is 2.79. The largest absolute Gasteiger partial charge is 0.350 e. The van der Waals surface area contributed by atoms with Crippen molar-refractivity contribution in [1.82, 2.24) is 20.4 Å². The molecule has 116 valence electrons. The molecule has 0 radical (unpaired) electrons. The molecule has 2 rings (SSSR count). The first-order valence-electron chi connectivity index (χ1n) is 7.25.